The first-order chi connectivity index (χ1) is 7.77. The smallest absolute Gasteiger partial charge is 0.0598 e. The molecular weight excluding hydrogens is 222 g/mol. The number of hydrogen-bond donors (Lipinski definition) is 0. The van der Waals surface area contributed by atoms with Crippen molar-refractivity contribution in [3.8, 4) is 0 Å². The third-order valence-electron chi connectivity index (χ3n) is 3.48. The highest BCUT2D eigenvalue weighted by Gasteiger charge is 2.41. The molecule has 0 N–H and O–H groups in total. The number of fused-ring (bicyclic) bond motifs is 1. The topological polar surface area (TPSA) is 14.2 Å². The van der Waals surface area contributed by atoms with E-state index in [1.807, 2.05) is 0 Å². The van der Waals surface area contributed by atoms with Gasteiger partial charge in [-0.15, -0.1) is 11.6 Å². The van der Waals surface area contributed by atoms with Gasteiger partial charge in [0.2, 0.25) is 0 Å². The molecule has 0 radical (unpaired) electrons. The van der Waals surface area contributed by atoms with E-state index in [2.05, 4.69) is 42.1 Å². The third-order valence-corrected chi connectivity index (χ3v) is 3.99. The minimum absolute atomic E-state index is 0.0302. The van der Waals surface area contributed by atoms with E-state index >= 15 is 0 Å². The van der Waals surface area contributed by atoms with E-state index in [-0.39, 0.29) is 5.41 Å². The first-order valence-electron chi connectivity index (χ1n) is 5.45. The van der Waals surface area contributed by atoms with Gasteiger partial charge in [0.1, 0.15) is 0 Å². The lowest BCUT2D eigenvalue weighted by Crippen LogP contribution is -2.48. The number of benzene rings is 1. The molecule has 1 aliphatic heterocycles. The minimum Gasteiger partial charge on any atom is -0.379 e. The molecule has 2 nitrogen and oxygen atoms in total. The van der Waals surface area contributed by atoms with Gasteiger partial charge in [-0.1, -0.05) is 18.2 Å². The molecule has 0 spiro atoms. The van der Waals surface area contributed by atoms with Gasteiger partial charge in [0, 0.05) is 30.0 Å². The van der Waals surface area contributed by atoms with Crippen molar-refractivity contribution < 1.29 is 4.74 Å². The van der Waals surface area contributed by atoms with Crippen LogP contribution in [0.2, 0.25) is 0 Å². The van der Waals surface area contributed by atoms with E-state index in [4.69, 9.17) is 16.3 Å². The summed E-state index contributed by atoms with van der Waals surface area (Å²) in [6, 6.07) is 8.45. The molecule has 1 aliphatic rings. The van der Waals surface area contributed by atoms with Gasteiger partial charge in [0.25, 0.3) is 0 Å². The van der Waals surface area contributed by atoms with Crippen LogP contribution in [0.25, 0.3) is 10.9 Å². The predicted molar refractivity (Wildman–Crippen MR) is 66.1 cm³/mol. The maximum atomic E-state index is 6.12. The highest BCUT2D eigenvalue weighted by Crippen LogP contribution is 2.38. The summed E-state index contributed by atoms with van der Waals surface area (Å²) in [5, 5.41) is 1.30. The molecule has 1 fully saturated rings. The summed E-state index contributed by atoms with van der Waals surface area (Å²) in [5.74, 6) is 0.626. The van der Waals surface area contributed by atoms with Crippen molar-refractivity contribution >= 4 is 22.5 Å². The van der Waals surface area contributed by atoms with Crippen LogP contribution < -0.4 is 0 Å². The van der Waals surface area contributed by atoms with E-state index in [1.165, 1.54) is 16.5 Å². The molecule has 3 rings (SSSR count). The number of para-hydroxylation sites is 1. The Labute approximate surface area is 99.8 Å². The zero-order valence-corrected chi connectivity index (χ0v) is 10.00. The molecule has 3 heteroatoms. The normalized spacial score (nSPS) is 18.6. The lowest BCUT2D eigenvalue weighted by molar-refractivity contribution is -0.0473. The minimum atomic E-state index is 0.0302. The summed E-state index contributed by atoms with van der Waals surface area (Å²) in [5.41, 5.74) is 2.61. The summed E-state index contributed by atoms with van der Waals surface area (Å²) in [6.45, 7) is 1.48. The number of nitrogens with zero attached hydrogens (tertiary/aromatic N) is 1. The Kier molecular flexibility index (Phi) is 2.23. The van der Waals surface area contributed by atoms with Crippen LogP contribution in [0, 0.1) is 0 Å². The van der Waals surface area contributed by atoms with Crippen molar-refractivity contribution in [3.05, 3.63) is 36.0 Å². The second kappa shape index (κ2) is 3.51. The fourth-order valence-corrected chi connectivity index (χ4v) is 2.72. The highest BCUT2D eigenvalue weighted by molar-refractivity contribution is 6.19. The average molecular weight is 236 g/mol. The molecular formula is C13H14ClNO. The number of aryl methyl sites for hydroxylation is 1. The maximum absolute atomic E-state index is 6.12. The van der Waals surface area contributed by atoms with Crippen LogP contribution >= 0.6 is 11.6 Å². The molecule has 2 aromatic rings. The summed E-state index contributed by atoms with van der Waals surface area (Å²) < 4.78 is 7.51. The molecule has 1 saturated heterocycles. The fourth-order valence-electron chi connectivity index (χ4n) is 2.42. The van der Waals surface area contributed by atoms with E-state index in [9.17, 15) is 0 Å². The summed E-state index contributed by atoms with van der Waals surface area (Å²) in [4.78, 5) is 0. The predicted octanol–water partition coefficient (Wildman–Crippen LogP) is 2.69. The van der Waals surface area contributed by atoms with Gasteiger partial charge in [-0.2, -0.15) is 0 Å². The number of hydrogen-bond acceptors (Lipinski definition) is 1. The van der Waals surface area contributed by atoms with Crippen molar-refractivity contribution in [2.24, 2.45) is 7.05 Å². The number of rotatable bonds is 2. The Morgan fingerprint density at radius 2 is 2.12 bits per heavy atom. The van der Waals surface area contributed by atoms with Gasteiger partial charge >= 0.3 is 0 Å². The second-order valence-electron chi connectivity index (χ2n) is 4.58. The molecule has 0 saturated carbocycles. The van der Waals surface area contributed by atoms with Crippen molar-refractivity contribution in [2.75, 3.05) is 19.1 Å². The Morgan fingerprint density at radius 3 is 2.75 bits per heavy atom. The first kappa shape index (κ1) is 10.2. The monoisotopic (exact) mass is 235 g/mol. The molecule has 1 aromatic carbocycles. The zero-order valence-electron chi connectivity index (χ0n) is 9.24. The molecule has 1 aromatic heterocycles. The molecule has 0 atom stereocenters. The second-order valence-corrected chi connectivity index (χ2v) is 4.84. The molecule has 0 bridgehead atoms. The largest absolute Gasteiger partial charge is 0.379 e. The highest BCUT2D eigenvalue weighted by atomic mass is 35.5. The fraction of sp³-hybridized carbons (Fsp3) is 0.385. The average Bonchev–Trinajstić information content (AvgIpc) is 2.58. The summed E-state index contributed by atoms with van der Waals surface area (Å²) in [6.07, 6.45) is 2.19. The van der Waals surface area contributed by atoms with Gasteiger partial charge in [0.15, 0.2) is 0 Å². The molecule has 84 valence electrons. The van der Waals surface area contributed by atoms with Crippen LogP contribution in [0.4, 0.5) is 0 Å². The molecule has 0 aliphatic carbocycles. The maximum Gasteiger partial charge on any atom is 0.0598 e. The van der Waals surface area contributed by atoms with E-state index in [1.54, 1.807) is 0 Å². The number of alkyl halides is 1. The van der Waals surface area contributed by atoms with Crippen molar-refractivity contribution in [2.45, 2.75) is 5.41 Å². The van der Waals surface area contributed by atoms with Crippen LogP contribution in [-0.4, -0.2) is 23.7 Å². The van der Waals surface area contributed by atoms with Gasteiger partial charge < -0.3 is 9.30 Å². The van der Waals surface area contributed by atoms with Crippen molar-refractivity contribution in [3.63, 3.8) is 0 Å². The summed E-state index contributed by atoms with van der Waals surface area (Å²) >= 11 is 6.12. The standard InChI is InChI=1S/C13H14ClNO/c1-15-6-11(13(7-14)8-16-9-13)10-4-2-3-5-12(10)15/h2-6H,7-9H2,1H3. The number of aromatic nitrogens is 1. The molecule has 2 heterocycles. The van der Waals surface area contributed by atoms with Crippen LogP contribution in [0.1, 0.15) is 5.56 Å². The van der Waals surface area contributed by atoms with Gasteiger partial charge in [0.05, 0.1) is 18.6 Å². The number of halogens is 1. The first-order valence-corrected chi connectivity index (χ1v) is 5.98. The molecule has 16 heavy (non-hydrogen) atoms. The molecule has 0 unspecified atom stereocenters. The van der Waals surface area contributed by atoms with Crippen molar-refractivity contribution in [1.29, 1.82) is 0 Å². The van der Waals surface area contributed by atoms with Gasteiger partial charge in [-0.05, 0) is 11.6 Å². The van der Waals surface area contributed by atoms with Crippen LogP contribution in [0.15, 0.2) is 30.5 Å². The van der Waals surface area contributed by atoms with E-state index in [0.717, 1.165) is 13.2 Å². The number of ether oxygens (including phenoxy) is 1. The summed E-state index contributed by atoms with van der Waals surface area (Å²) in [7, 11) is 2.08. The SMILES string of the molecule is Cn1cc(C2(CCl)COC2)c2ccccc21. The Morgan fingerprint density at radius 1 is 1.38 bits per heavy atom. The van der Waals surface area contributed by atoms with Crippen LogP contribution in [-0.2, 0) is 17.2 Å². The van der Waals surface area contributed by atoms with Crippen molar-refractivity contribution in [1.82, 2.24) is 4.57 Å². The zero-order chi connectivity index (χ0) is 11.2. The Hall–Kier alpha value is -0.990. The van der Waals surface area contributed by atoms with Gasteiger partial charge in [-0.25, -0.2) is 0 Å². The van der Waals surface area contributed by atoms with E-state index in [0.29, 0.717) is 5.88 Å². The Bertz CT molecular complexity index is 522. The third kappa shape index (κ3) is 1.23. The lowest BCUT2D eigenvalue weighted by Gasteiger charge is -2.39. The molecule has 0 amide bonds. The van der Waals surface area contributed by atoms with Crippen LogP contribution in [0.3, 0.4) is 0 Å². The lowest BCUT2D eigenvalue weighted by atomic mass is 9.80. The van der Waals surface area contributed by atoms with E-state index < -0.39 is 0 Å². The van der Waals surface area contributed by atoms with Crippen LogP contribution in [0.5, 0.6) is 0 Å². The quantitative estimate of drug-likeness (QED) is 0.730. The van der Waals surface area contributed by atoms with Gasteiger partial charge in [-0.3, -0.25) is 0 Å². The Balaban J connectivity index is 2.24.